The maximum Gasteiger partial charge on any atom is 0.0937 e. The Labute approximate surface area is 169 Å². The van der Waals surface area contributed by atoms with Crippen LogP contribution in [-0.4, -0.2) is 37.7 Å². The molecule has 4 aliphatic rings. The minimum atomic E-state index is 0.755. The Morgan fingerprint density at radius 1 is 1.00 bits per heavy atom. The lowest BCUT2D eigenvalue weighted by Crippen LogP contribution is -2.31. The molecule has 0 spiro atoms. The van der Waals surface area contributed by atoms with E-state index in [2.05, 4.69) is 29.2 Å². The molecule has 2 aromatic rings. The van der Waals surface area contributed by atoms with Gasteiger partial charge in [-0.3, -0.25) is 0 Å². The Balaban J connectivity index is 1.16. The zero-order chi connectivity index (χ0) is 18.8. The topological polar surface area (TPSA) is 25.6 Å². The van der Waals surface area contributed by atoms with Gasteiger partial charge in [-0.25, -0.2) is 0 Å². The summed E-state index contributed by atoms with van der Waals surface area (Å²) in [6.07, 6.45) is 12.7. The third-order valence-corrected chi connectivity index (χ3v) is 7.34. The van der Waals surface area contributed by atoms with Crippen molar-refractivity contribution < 1.29 is 9.15 Å². The number of fused-ring (bicyclic) bond motifs is 2. The number of rotatable bonds is 8. The molecule has 0 unspecified atom stereocenters. The maximum absolute atomic E-state index is 6.02. The van der Waals surface area contributed by atoms with Crippen molar-refractivity contribution in [1.29, 1.82) is 0 Å². The van der Waals surface area contributed by atoms with Gasteiger partial charge in [0.15, 0.2) is 0 Å². The quantitative estimate of drug-likeness (QED) is 0.578. The highest BCUT2D eigenvalue weighted by Gasteiger charge is 2.39. The van der Waals surface area contributed by atoms with Crippen LogP contribution in [0, 0.1) is 5.92 Å². The van der Waals surface area contributed by atoms with Crippen LogP contribution in [0.5, 0.6) is 0 Å². The fraction of sp³-hybridized carbons (Fsp3) is 0.600. The molecule has 3 nitrogen and oxygen atoms in total. The zero-order valence-corrected chi connectivity index (χ0v) is 16.9. The molecule has 0 amide bonds. The molecule has 28 heavy (non-hydrogen) atoms. The van der Waals surface area contributed by atoms with Crippen LogP contribution in [0.2, 0.25) is 0 Å². The Bertz CT molecular complexity index is 763. The molecule has 6 rings (SSSR count). The molecule has 3 heteroatoms. The number of ether oxygens (including phenoxy) is 1. The van der Waals surface area contributed by atoms with E-state index >= 15 is 0 Å². The molecule has 2 fully saturated rings. The van der Waals surface area contributed by atoms with Crippen LogP contribution in [0.15, 0.2) is 41.2 Å². The van der Waals surface area contributed by atoms with Crippen LogP contribution < -0.4 is 0 Å². The fourth-order valence-electron chi connectivity index (χ4n) is 5.87. The lowest BCUT2D eigenvalue weighted by atomic mass is 9.61. The van der Waals surface area contributed by atoms with Crippen LogP contribution in [0.25, 0.3) is 0 Å². The first-order chi connectivity index (χ1) is 13.9. The van der Waals surface area contributed by atoms with E-state index in [0.29, 0.717) is 0 Å². The molecule has 0 N–H and O–H groups in total. The average molecular weight is 380 g/mol. The fourth-order valence-corrected chi connectivity index (χ4v) is 5.87. The minimum absolute atomic E-state index is 0.755. The monoisotopic (exact) mass is 379 g/mol. The summed E-state index contributed by atoms with van der Waals surface area (Å²) in [6.45, 7) is 5.52. The highest BCUT2D eigenvalue weighted by Crippen LogP contribution is 2.53. The van der Waals surface area contributed by atoms with Crippen molar-refractivity contribution in [2.24, 2.45) is 5.92 Å². The first-order valence-corrected chi connectivity index (χ1v) is 11.3. The summed E-state index contributed by atoms with van der Waals surface area (Å²) in [5, 5.41) is 0. The second-order valence-electron chi connectivity index (χ2n) is 9.10. The van der Waals surface area contributed by atoms with E-state index in [9.17, 15) is 0 Å². The summed E-state index contributed by atoms with van der Waals surface area (Å²) < 4.78 is 11.3. The molecule has 3 aliphatic carbocycles. The van der Waals surface area contributed by atoms with Gasteiger partial charge in [0.1, 0.15) is 0 Å². The van der Waals surface area contributed by atoms with Crippen molar-refractivity contribution in [3.8, 4) is 0 Å². The van der Waals surface area contributed by atoms with Crippen LogP contribution in [0.3, 0.4) is 0 Å². The number of hydrogen-bond acceptors (Lipinski definition) is 3. The van der Waals surface area contributed by atoms with E-state index < -0.39 is 0 Å². The molecular formula is C25H33NO2. The van der Waals surface area contributed by atoms with Gasteiger partial charge in [0, 0.05) is 19.6 Å². The van der Waals surface area contributed by atoms with Gasteiger partial charge in [0.2, 0.25) is 0 Å². The predicted molar refractivity (Wildman–Crippen MR) is 112 cm³/mol. The molecule has 1 aromatic carbocycles. The largest absolute Gasteiger partial charge is 0.472 e. The summed E-state index contributed by atoms with van der Waals surface area (Å²) in [4.78, 5) is 2.54. The lowest BCUT2D eigenvalue weighted by molar-refractivity contribution is 0.0875. The van der Waals surface area contributed by atoms with Crippen molar-refractivity contribution in [2.45, 2.75) is 56.8 Å². The number of benzene rings is 1. The van der Waals surface area contributed by atoms with Crippen molar-refractivity contribution in [1.82, 2.24) is 4.90 Å². The van der Waals surface area contributed by atoms with Crippen molar-refractivity contribution >= 4 is 0 Å². The molecule has 1 saturated heterocycles. The first kappa shape index (κ1) is 18.4. The zero-order valence-electron chi connectivity index (χ0n) is 16.9. The molecule has 3 atom stereocenters. The van der Waals surface area contributed by atoms with Crippen molar-refractivity contribution in [2.75, 3.05) is 32.8 Å². The Morgan fingerprint density at radius 3 is 2.79 bits per heavy atom. The van der Waals surface area contributed by atoms with Gasteiger partial charge in [-0.1, -0.05) is 18.2 Å². The predicted octanol–water partition coefficient (Wildman–Crippen LogP) is 5.35. The Hall–Kier alpha value is -1.58. The second kappa shape index (κ2) is 8.42. The highest BCUT2D eigenvalue weighted by atomic mass is 16.5. The molecule has 1 saturated carbocycles. The highest BCUT2D eigenvalue weighted by molar-refractivity contribution is 5.42. The molecular weight excluding hydrogens is 346 g/mol. The van der Waals surface area contributed by atoms with E-state index in [4.69, 9.17) is 9.15 Å². The average Bonchev–Trinajstić information content (AvgIpc) is 3.42. The van der Waals surface area contributed by atoms with Gasteiger partial charge in [0.25, 0.3) is 0 Å². The molecule has 1 aromatic heterocycles. The van der Waals surface area contributed by atoms with E-state index in [1.807, 2.05) is 6.26 Å². The first-order valence-electron chi connectivity index (χ1n) is 11.3. The summed E-state index contributed by atoms with van der Waals surface area (Å²) in [5.41, 5.74) is 5.98. The van der Waals surface area contributed by atoms with Crippen molar-refractivity contribution in [3.63, 3.8) is 0 Å². The number of furan rings is 1. The molecule has 2 heterocycles. The van der Waals surface area contributed by atoms with E-state index in [1.54, 1.807) is 17.4 Å². The minimum Gasteiger partial charge on any atom is -0.472 e. The summed E-state index contributed by atoms with van der Waals surface area (Å²) >= 11 is 0. The van der Waals surface area contributed by atoms with Gasteiger partial charge in [-0.2, -0.15) is 0 Å². The van der Waals surface area contributed by atoms with Crippen LogP contribution in [0.4, 0.5) is 0 Å². The third kappa shape index (κ3) is 3.92. The molecule has 150 valence electrons. The SMILES string of the molecule is c1cc(Cc2ccc3c(c2)[C@@H]2CC[C@H]3[C@H](CCOCCN3CCCC3)C2)co1. The number of hydrogen-bond donors (Lipinski definition) is 0. The summed E-state index contributed by atoms with van der Waals surface area (Å²) in [6, 6.07) is 9.34. The van der Waals surface area contributed by atoms with Crippen LogP contribution >= 0.6 is 0 Å². The molecule has 0 radical (unpaired) electrons. The van der Waals surface area contributed by atoms with Crippen molar-refractivity contribution in [3.05, 3.63) is 59.0 Å². The van der Waals surface area contributed by atoms with Gasteiger partial charge in [-0.05, 0) is 97.7 Å². The van der Waals surface area contributed by atoms with E-state index in [0.717, 1.165) is 43.9 Å². The van der Waals surface area contributed by atoms with Gasteiger partial charge in [0.05, 0.1) is 19.1 Å². The van der Waals surface area contributed by atoms with Gasteiger partial charge >= 0.3 is 0 Å². The molecule has 2 bridgehead atoms. The second-order valence-corrected chi connectivity index (χ2v) is 9.10. The lowest BCUT2D eigenvalue weighted by Gasteiger charge is -2.44. The molecule has 1 aliphatic heterocycles. The Kier molecular flexibility index (Phi) is 5.55. The maximum atomic E-state index is 6.02. The smallest absolute Gasteiger partial charge is 0.0937 e. The van der Waals surface area contributed by atoms with Gasteiger partial charge < -0.3 is 14.1 Å². The van der Waals surface area contributed by atoms with Gasteiger partial charge in [-0.15, -0.1) is 0 Å². The number of likely N-dealkylation sites (tertiary alicyclic amines) is 1. The summed E-state index contributed by atoms with van der Waals surface area (Å²) in [5.74, 6) is 2.34. The van der Waals surface area contributed by atoms with E-state index in [1.165, 1.54) is 62.7 Å². The number of nitrogens with zero attached hydrogens (tertiary/aromatic N) is 1. The summed E-state index contributed by atoms with van der Waals surface area (Å²) in [7, 11) is 0. The van der Waals surface area contributed by atoms with E-state index in [-0.39, 0.29) is 0 Å². The normalized spacial score (nSPS) is 26.6. The Morgan fingerprint density at radius 2 is 1.93 bits per heavy atom. The van der Waals surface area contributed by atoms with Crippen LogP contribution in [-0.2, 0) is 11.2 Å². The third-order valence-electron chi connectivity index (χ3n) is 7.34. The van der Waals surface area contributed by atoms with Crippen LogP contribution in [0.1, 0.15) is 72.6 Å². The standard InChI is InChI=1S/C25H33NO2/c1-2-10-26(9-1)11-14-27-13-8-22-17-21-4-6-23(22)24-5-3-19(16-25(21)24)15-20-7-12-28-18-20/h3,5,7,12,16,18,21-23H,1-2,4,6,8-11,13-15,17H2/t21-,22-,23+/m1/s1.